The Morgan fingerprint density at radius 1 is 1.44 bits per heavy atom. The average Bonchev–Trinajstić information content (AvgIpc) is 2.62. The number of hydrogen-bond acceptors (Lipinski definition) is 1. The minimum atomic E-state index is -0.225. The van der Waals surface area contributed by atoms with Gasteiger partial charge in [0.1, 0.15) is 11.3 Å². The highest BCUT2D eigenvalue weighted by molar-refractivity contribution is 7.71. The fraction of sp³-hybridized carbons (Fsp3) is 0.500. The molecule has 1 heterocycles. The SMILES string of the molecule is CCC1(Cn2c(=S)[nH]c3c(F)cccc32)CCC1. The molecule has 0 spiro atoms. The summed E-state index contributed by atoms with van der Waals surface area (Å²) >= 11 is 5.34. The summed E-state index contributed by atoms with van der Waals surface area (Å²) in [5.41, 5.74) is 1.80. The number of rotatable bonds is 3. The van der Waals surface area contributed by atoms with E-state index in [-0.39, 0.29) is 5.82 Å². The van der Waals surface area contributed by atoms with Crippen LogP contribution < -0.4 is 0 Å². The lowest BCUT2D eigenvalue weighted by molar-refractivity contribution is 0.101. The minimum absolute atomic E-state index is 0.225. The van der Waals surface area contributed by atoms with E-state index < -0.39 is 0 Å². The number of aromatic nitrogens is 2. The molecule has 0 bridgehead atoms. The van der Waals surface area contributed by atoms with Gasteiger partial charge in [-0.15, -0.1) is 0 Å². The summed E-state index contributed by atoms with van der Waals surface area (Å²) in [5, 5.41) is 0. The zero-order valence-corrected chi connectivity index (χ0v) is 11.3. The Hall–Kier alpha value is -1.16. The van der Waals surface area contributed by atoms with Crippen molar-refractivity contribution in [1.82, 2.24) is 9.55 Å². The summed E-state index contributed by atoms with van der Waals surface area (Å²) in [5.74, 6) is -0.225. The van der Waals surface area contributed by atoms with Crippen LogP contribution in [-0.4, -0.2) is 9.55 Å². The van der Waals surface area contributed by atoms with Gasteiger partial charge in [0.25, 0.3) is 0 Å². The molecule has 1 N–H and O–H groups in total. The Morgan fingerprint density at radius 3 is 2.83 bits per heavy atom. The van der Waals surface area contributed by atoms with E-state index in [1.807, 2.05) is 6.07 Å². The highest BCUT2D eigenvalue weighted by Crippen LogP contribution is 2.45. The molecule has 1 saturated carbocycles. The third-order valence-electron chi connectivity index (χ3n) is 4.42. The molecule has 2 nitrogen and oxygen atoms in total. The first-order valence-electron chi connectivity index (χ1n) is 6.52. The van der Waals surface area contributed by atoms with Crippen LogP contribution in [-0.2, 0) is 6.54 Å². The lowest BCUT2D eigenvalue weighted by atomic mass is 9.67. The molecule has 0 unspecified atom stereocenters. The van der Waals surface area contributed by atoms with Crippen LogP contribution >= 0.6 is 12.2 Å². The summed E-state index contributed by atoms with van der Waals surface area (Å²) in [4.78, 5) is 2.99. The zero-order valence-electron chi connectivity index (χ0n) is 10.5. The molecule has 1 aromatic heterocycles. The van der Waals surface area contributed by atoms with Gasteiger partial charge in [-0.1, -0.05) is 19.4 Å². The van der Waals surface area contributed by atoms with Gasteiger partial charge in [-0.25, -0.2) is 4.39 Å². The number of hydrogen-bond donors (Lipinski definition) is 1. The normalized spacial score (nSPS) is 17.9. The second kappa shape index (κ2) is 4.19. The summed E-state index contributed by atoms with van der Waals surface area (Å²) in [6.07, 6.45) is 4.98. The average molecular weight is 264 g/mol. The number of nitrogens with zero attached hydrogens (tertiary/aromatic N) is 1. The Kier molecular flexibility index (Phi) is 2.77. The summed E-state index contributed by atoms with van der Waals surface area (Å²) in [7, 11) is 0. The molecule has 0 aliphatic heterocycles. The van der Waals surface area contributed by atoms with E-state index in [1.165, 1.54) is 25.3 Å². The van der Waals surface area contributed by atoms with Gasteiger partial charge in [-0.05, 0) is 49.0 Å². The van der Waals surface area contributed by atoms with Gasteiger partial charge in [0.05, 0.1) is 5.52 Å². The third kappa shape index (κ3) is 1.70. The lowest BCUT2D eigenvalue weighted by Gasteiger charge is -2.41. The number of H-pyrrole nitrogens is 1. The van der Waals surface area contributed by atoms with Gasteiger partial charge < -0.3 is 9.55 Å². The molecule has 3 rings (SSSR count). The largest absolute Gasteiger partial charge is 0.328 e. The topological polar surface area (TPSA) is 20.7 Å². The van der Waals surface area contributed by atoms with E-state index in [0.29, 0.717) is 15.7 Å². The molecule has 1 aliphatic rings. The Morgan fingerprint density at radius 2 is 2.22 bits per heavy atom. The highest BCUT2D eigenvalue weighted by atomic mass is 32.1. The van der Waals surface area contributed by atoms with Crippen LogP contribution in [0.3, 0.4) is 0 Å². The number of para-hydroxylation sites is 1. The molecule has 1 fully saturated rings. The molecule has 0 saturated heterocycles. The van der Waals surface area contributed by atoms with E-state index in [0.717, 1.165) is 18.5 Å². The monoisotopic (exact) mass is 264 g/mol. The van der Waals surface area contributed by atoms with Crippen molar-refractivity contribution in [2.45, 2.75) is 39.2 Å². The zero-order chi connectivity index (χ0) is 12.8. The molecule has 0 amide bonds. The van der Waals surface area contributed by atoms with Gasteiger partial charge in [0.2, 0.25) is 0 Å². The molecule has 1 aliphatic carbocycles. The Labute approximate surface area is 111 Å². The summed E-state index contributed by atoms with van der Waals surface area (Å²) in [6, 6.07) is 5.15. The first-order chi connectivity index (χ1) is 8.65. The van der Waals surface area contributed by atoms with Gasteiger partial charge in [-0.3, -0.25) is 0 Å². The van der Waals surface area contributed by atoms with Crippen molar-refractivity contribution in [2.75, 3.05) is 0 Å². The number of fused-ring (bicyclic) bond motifs is 1. The minimum Gasteiger partial charge on any atom is -0.328 e. The van der Waals surface area contributed by atoms with Gasteiger partial charge >= 0.3 is 0 Å². The van der Waals surface area contributed by atoms with E-state index >= 15 is 0 Å². The smallest absolute Gasteiger partial charge is 0.178 e. The molecule has 0 radical (unpaired) electrons. The van der Waals surface area contributed by atoms with Gasteiger partial charge in [-0.2, -0.15) is 0 Å². The van der Waals surface area contributed by atoms with Crippen molar-refractivity contribution in [2.24, 2.45) is 5.41 Å². The number of aromatic amines is 1. The predicted molar refractivity (Wildman–Crippen MR) is 73.7 cm³/mol. The Bertz CT molecular complexity index is 631. The van der Waals surface area contributed by atoms with E-state index in [2.05, 4.69) is 16.5 Å². The second-order valence-corrected chi connectivity index (χ2v) is 5.74. The number of imidazole rings is 1. The second-order valence-electron chi connectivity index (χ2n) is 5.36. The maximum atomic E-state index is 13.7. The number of halogens is 1. The van der Waals surface area contributed by atoms with Crippen LogP contribution in [0, 0.1) is 16.0 Å². The van der Waals surface area contributed by atoms with Crippen molar-refractivity contribution < 1.29 is 4.39 Å². The van der Waals surface area contributed by atoms with E-state index in [4.69, 9.17) is 12.2 Å². The predicted octanol–water partition coefficient (Wildman–Crippen LogP) is 4.42. The van der Waals surface area contributed by atoms with Gasteiger partial charge in [0, 0.05) is 6.54 Å². The van der Waals surface area contributed by atoms with E-state index in [9.17, 15) is 4.39 Å². The number of nitrogens with one attached hydrogen (secondary N) is 1. The molecule has 0 atom stereocenters. The van der Waals surface area contributed by atoms with Crippen LogP contribution in [0.5, 0.6) is 0 Å². The molecule has 4 heteroatoms. The summed E-state index contributed by atoms with van der Waals surface area (Å²) in [6.45, 7) is 3.14. The molecular weight excluding hydrogens is 247 g/mol. The van der Waals surface area contributed by atoms with Crippen LogP contribution in [0.1, 0.15) is 32.6 Å². The summed E-state index contributed by atoms with van der Waals surface area (Å²) < 4.78 is 16.4. The third-order valence-corrected chi connectivity index (χ3v) is 4.74. The number of benzene rings is 1. The fourth-order valence-corrected chi connectivity index (χ4v) is 3.20. The first-order valence-corrected chi connectivity index (χ1v) is 6.93. The van der Waals surface area contributed by atoms with Crippen molar-refractivity contribution in [1.29, 1.82) is 0 Å². The van der Waals surface area contributed by atoms with Crippen molar-refractivity contribution in [3.8, 4) is 0 Å². The molecular formula is C14H17FN2S. The molecule has 1 aromatic carbocycles. The standard InChI is InChI=1S/C14H17FN2S/c1-2-14(7-4-8-14)9-17-11-6-3-5-10(15)12(11)16-13(17)18/h3,5-6H,2,4,7-9H2,1H3,(H,16,18). The Balaban J connectivity index is 2.09. The van der Waals surface area contributed by atoms with Crippen LogP contribution in [0.2, 0.25) is 0 Å². The van der Waals surface area contributed by atoms with Crippen LogP contribution in [0.25, 0.3) is 11.0 Å². The fourth-order valence-electron chi connectivity index (χ4n) is 2.94. The lowest BCUT2D eigenvalue weighted by Crippen LogP contribution is -2.33. The maximum Gasteiger partial charge on any atom is 0.178 e. The highest BCUT2D eigenvalue weighted by Gasteiger charge is 2.35. The molecule has 18 heavy (non-hydrogen) atoms. The van der Waals surface area contributed by atoms with Gasteiger partial charge in [0.15, 0.2) is 4.77 Å². The van der Waals surface area contributed by atoms with E-state index in [1.54, 1.807) is 6.07 Å². The quantitative estimate of drug-likeness (QED) is 0.814. The van der Waals surface area contributed by atoms with Crippen LogP contribution in [0.4, 0.5) is 4.39 Å². The molecule has 2 aromatic rings. The van der Waals surface area contributed by atoms with Crippen molar-refractivity contribution in [3.05, 3.63) is 28.8 Å². The van der Waals surface area contributed by atoms with Crippen LogP contribution in [0.15, 0.2) is 18.2 Å². The maximum absolute atomic E-state index is 13.7. The van der Waals surface area contributed by atoms with Crippen molar-refractivity contribution >= 4 is 23.3 Å². The molecule has 96 valence electrons. The first kappa shape index (κ1) is 11.9. The van der Waals surface area contributed by atoms with Crippen molar-refractivity contribution in [3.63, 3.8) is 0 Å².